The molecule has 0 aliphatic heterocycles. The molecule has 0 aromatic heterocycles. The van der Waals surface area contributed by atoms with Crippen molar-refractivity contribution < 1.29 is 28.6 Å². The highest BCUT2D eigenvalue weighted by Gasteiger charge is 2.19. The van der Waals surface area contributed by atoms with Crippen molar-refractivity contribution in [2.24, 2.45) is 0 Å². The molecule has 0 saturated heterocycles. The first kappa shape index (κ1) is 66.9. The largest absolute Gasteiger partial charge is 0.462 e. The van der Waals surface area contributed by atoms with Crippen LogP contribution >= 0.6 is 0 Å². The monoisotopic (exact) mass is 977 g/mol. The van der Waals surface area contributed by atoms with E-state index in [1.165, 1.54) is 173 Å². The van der Waals surface area contributed by atoms with Crippen molar-refractivity contribution in [2.75, 3.05) is 13.2 Å². The molecule has 0 radical (unpaired) electrons. The number of unbranched alkanes of at least 4 members (excludes halogenated alkanes) is 31. The smallest absolute Gasteiger partial charge is 0.306 e. The van der Waals surface area contributed by atoms with Crippen molar-refractivity contribution in [1.29, 1.82) is 0 Å². The summed E-state index contributed by atoms with van der Waals surface area (Å²) in [4.78, 5) is 38.2. The van der Waals surface area contributed by atoms with Crippen LogP contribution < -0.4 is 0 Å². The van der Waals surface area contributed by atoms with Gasteiger partial charge < -0.3 is 14.2 Å². The van der Waals surface area contributed by atoms with Crippen molar-refractivity contribution >= 4 is 17.9 Å². The zero-order chi connectivity index (χ0) is 50.7. The Morgan fingerprint density at radius 1 is 0.286 bits per heavy atom. The molecule has 70 heavy (non-hydrogen) atoms. The minimum Gasteiger partial charge on any atom is -0.462 e. The summed E-state index contributed by atoms with van der Waals surface area (Å²) < 4.78 is 16.8. The molecule has 0 amide bonds. The van der Waals surface area contributed by atoms with E-state index >= 15 is 0 Å². The lowest BCUT2D eigenvalue weighted by Gasteiger charge is -2.18. The molecule has 0 bridgehead atoms. The second-order valence-corrected chi connectivity index (χ2v) is 19.9. The molecule has 0 spiro atoms. The molecule has 404 valence electrons. The SMILES string of the molecule is CCCCC/C=C\C/C=C\C/C=C\C/C=C\CCCC(=O)OC(COC(=O)CCCCCCCCC/C=C\C/C=C\CCCCC)COC(=O)CCCCCCCCCCCCCCCCCCCC. The molecule has 0 heterocycles. The van der Waals surface area contributed by atoms with Crippen LogP contribution in [0.25, 0.3) is 0 Å². The van der Waals surface area contributed by atoms with Crippen LogP contribution in [-0.2, 0) is 28.6 Å². The molecule has 0 aliphatic rings. The number of hydrogen-bond donors (Lipinski definition) is 0. The maximum Gasteiger partial charge on any atom is 0.306 e. The lowest BCUT2D eigenvalue weighted by atomic mass is 10.0. The van der Waals surface area contributed by atoms with Crippen LogP contribution in [0, 0.1) is 0 Å². The van der Waals surface area contributed by atoms with Gasteiger partial charge in [-0.3, -0.25) is 14.4 Å². The summed E-state index contributed by atoms with van der Waals surface area (Å²) in [6.45, 7) is 6.57. The molecule has 0 N–H and O–H groups in total. The molecule has 0 saturated carbocycles. The van der Waals surface area contributed by atoms with Crippen molar-refractivity contribution in [2.45, 2.75) is 303 Å². The van der Waals surface area contributed by atoms with Crippen molar-refractivity contribution in [1.82, 2.24) is 0 Å². The summed E-state index contributed by atoms with van der Waals surface area (Å²) in [5.41, 5.74) is 0. The van der Waals surface area contributed by atoms with E-state index in [2.05, 4.69) is 93.7 Å². The first-order valence-corrected chi connectivity index (χ1v) is 29.9. The number of ether oxygens (including phenoxy) is 3. The third kappa shape index (κ3) is 55.8. The summed E-state index contributed by atoms with van der Waals surface area (Å²) in [6.07, 6.45) is 74.7. The van der Waals surface area contributed by atoms with Gasteiger partial charge in [0.2, 0.25) is 0 Å². The van der Waals surface area contributed by atoms with Crippen LogP contribution in [0.5, 0.6) is 0 Å². The van der Waals surface area contributed by atoms with E-state index in [1.54, 1.807) is 0 Å². The summed E-state index contributed by atoms with van der Waals surface area (Å²) in [5, 5.41) is 0. The summed E-state index contributed by atoms with van der Waals surface area (Å²) in [6, 6.07) is 0. The van der Waals surface area contributed by atoms with Gasteiger partial charge in [-0.1, -0.05) is 261 Å². The minimum absolute atomic E-state index is 0.0972. The van der Waals surface area contributed by atoms with E-state index in [9.17, 15) is 14.4 Å². The maximum atomic E-state index is 12.8. The number of carbonyl (C=O) groups excluding carboxylic acids is 3. The van der Waals surface area contributed by atoms with Crippen LogP contribution in [-0.4, -0.2) is 37.2 Å². The topological polar surface area (TPSA) is 78.9 Å². The Kier molecular flexibility index (Phi) is 55.8. The third-order valence-corrected chi connectivity index (χ3v) is 12.9. The molecular weight excluding hydrogens is 865 g/mol. The number of esters is 3. The molecule has 0 rings (SSSR count). The van der Waals surface area contributed by atoms with Crippen molar-refractivity contribution in [3.63, 3.8) is 0 Å². The van der Waals surface area contributed by atoms with Crippen molar-refractivity contribution in [3.8, 4) is 0 Å². The summed E-state index contributed by atoms with van der Waals surface area (Å²) in [7, 11) is 0. The van der Waals surface area contributed by atoms with Gasteiger partial charge in [-0.25, -0.2) is 0 Å². The van der Waals surface area contributed by atoms with Gasteiger partial charge in [0, 0.05) is 19.3 Å². The van der Waals surface area contributed by atoms with E-state index < -0.39 is 6.10 Å². The Bertz CT molecular complexity index is 1310. The lowest BCUT2D eigenvalue weighted by Crippen LogP contribution is -2.30. The molecule has 1 unspecified atom stereocenters. The molecule has 0 aliphatic carbocycles. The molecule has 6 nitrogen and oxygen atoms in total. The highest BCUT2D eigenvalue weighted by molar-refractivity contribution is 5.71. The molecule has 6 heteroatoms. The third-order valence-electron chi connectivity index (χ3n) is 12.9. The van der Waals surface area contributed by atoms with Gasteiger partial charge in [0.1, 0.15) is 13.2 Å². The normalized spacial score (nSPS) is 12.6. The van der Waals surface area contributed by atoms with Crippen molar-refractivity contribution in [3.05, 3.63) is 72.9 Å². The van der Waals surface area contributed by atoms with E-state index in [1.807, 2.05) is 0 Å². The van der Waals surface area contributed by atoms with Crippen LogP contribution in [0.3, 0.4) is 0 Å². The van der Waals surface area contributed by atoms with E-state index in [4.69, 9.17) is 14.2 Å². The zero-order valence-corrected chi connectivity index (χ0v) is 46.3. The average molecular weight is 978 g/mol. The minimum atomic E-state index is -0.806. The Labute approximate surface area is 433 Å². The molecule has 0 aromatic rings. The van der Waals surface area contributed by atoms with Gasteiger partial charge in [-0.2, -0.15) is 0 Å². The Balaban J connectivity index is 4.45. The fraction of sp³-hybridized carbons (Fsp3) is 0.766. The Morgan fingerprint density at radius 2 is 0.529 bits per heavy atom. The van der Waals surface area contributed by atoms with Crippen LogP contribution in [0.1, 0.15) is 297 Å². The highest BCUT2D eigenvalue weighted by Crippen LogP contribution is 2.16. The first-order chi connectivity index (χ1) is 34.5. The predicted octanol–water partition coefficient (Wildman–Crippen LogP) is 20.2. The van der Waals surface area contributed by atoms with Gasteiger partial charge >= 0.3 is 17.9 Å². The highest BCUT2D eigenvalue weighted by atomic mass is 16.6. The summed E-state index contributed by atoms with van der Waals surface area (Å²) >= 11 is 0. The van der Waals surface area contributed by atoms with E-state index in [0.717, 1.165) is 77.0 Å². The lowest BCUT2D eigenvalue weighted by molar-refractivity contribution is -0.167. The Morgan fingerprint density at radius 3 is 0.871 bits per heavy atom. The van der Waals surface area contributed by atoms with Gasteiger partial charge in [0.05, 0.1) is 0 Å². The number of allylic oxidation sites excluding steroid dienone is 12. The van der Waals surface area contributed by atoms with Crippen LogP contribution in [0.2, 0.25) is 0 Å². The number of carbonyl (C=O) groups is 3. The average Bonchev–Trinajstić information content (AvgIpc) is 3.36. The Hall–Kier alpha value is -3.15. The van der Waals surface area contributed by atoms with Gasteiger partial charge in [-0.15, -0.1) is 0 Å². The standard InChI is InChI=1S/C64H112O6/c1-4-7-10-13-16-19-22-25-28-31-34-36-39-42-45-48-51-54-57-63(66)69-60-61(70-64(67)58-55-52-49-46-43-40-37-33-30-27-24-21-18-15-12-9-6-3)59-68-62(65)56-53-50-47-44-41-38-35-32-29-26-23-20-17-14-11-8-5-2/h17-18,20-21,26-27,29-30,37,40,46,49,61H,4-16,19,22-25,28,31-36,38-39,41-45,47-48,50-60H2,1-3H3/b20-17-,21-18-,29-26-,30-27-,40-37-,49-46-. The maximum absolute atomic E-state index is 12.8. The van der Waals surface area contributed by atoms with Gasteiger partial charge in [0.15, 0.2) is 6.10 Å². The second kappa shape index (κ2) is 58.4. The van der Waals surface area contributed by atoms with E-state index in [-0.39, 0.29) is 37.5 Å². The molecule has 1 atom stereocenters. The van der Waals surface area contributed by atoms with Crippen LogP contribution in [0.15, 0.2) is 72.9 Å². The predicted molar refractivity (Wildman–Crippen MR) is 302 cm³/mol. The summed E-state index contributed by atoms with van der Waals surface area (Å²) in [5.74, 6) is -0.950. The molecule has 0 aromatic carbocycles. The van der Waals surface area contributed by atoms with Gasteiger partial charge in [-0.05, 0) is 89.9 Å². The van der Waals surface area contributed by atoms with E-state index in [0.29, 0.717) is 19.3 Å². The van der Waals surface area contributed by atoms with Gasteiger partial charge in [0.25, 0.3) is 0 Å². The van der Waals surface area contributed by atoms with Crippen LogP contribution in [0.4, 0.5) is 0 Å². The quantitative estimate of drug-likeness (QED) is 0.0261. The fourth-order valence-corrected chi connectivity index (χ4v) is 8.41. The number of rotatable bonds is 54. The first-order valence-electron chi connectivity index (χ1n) is 29.9. The zero-order valence-electron chi connectivity index (χ0n) is 46.3. The molecule has 0 fully saturated rings. The molecular formula is C64H112O6. The fourth-order valence-electron chi connectivity index (χ4n) is 8.41. The second-order valence-electron chi connectivity index (χ2n) is 19.9. The number of hydrogen-bond acceptors (Lipinski definition) is 6.